The summed E-state index contributed by atoms with van der Waals surface area (Å²) in [6, 6.07) is 12.5. The molecule has 1 aliphatic rings. The van der Waals surface area contributed by atoms with Crippen molar-refractivity contribution >= 4 is 35.3 Å². The SMILES string of the molecule is Cc1cc(C)cc(N2C(=O)NC(=O)/C(=C\C=C\c3ccc(N(C)C)cc3)C2=O)c1. The molecule has 0 bridgehead atoms. The fourth-order valence-corrected chi connectivity index (χ4v) is 3.13. The van der Waals surface area contributed by atoms with Crippen LogP contribution in [0.1, 0.15) is 16.7 Å². The molecule has 4 amide bonds. The number of carbonyl (C=O) groups is 3. The Morgan fingerprint density at radius 1 is 0.931 bits per heavy atom. The lowest BCUT2D eigenvalue weighted by Gasteiger charge is -2.26. The van der Waals surface area contributed by atoms with E-state index in [1.54, 1.807) is 24.3 Å². The molecule has 1 heterocycles. The van der Waals surface area contributed by atoms with Gasteiger partial charge in [0.2, 0.25) is 0 Å². The molecule has 148 valence electrons. The minimum Gasteiger partial charge on any atom is -0.378 e. The molecule has 0 saturated carbocycles. The molecule has 6 heteroatoms. The molecular weight excluding hydrogens is 366 g/mol. The maximum absolute atomic E-state index is 12.9. The number of hydrogen-bond acceptors (Lipinski definition) is 4. The summed E-state index contributed by atoms with van der Waals surface area (Å²) in [7, 11) is 3.93. The zero-order valence-electron chi connectivity index (χ0n) is 16.9. The molecule has 0 unspecified atom stereocenters. The molecule has 2 aromatic rings. The summed E-state index contributed by atoms with van der Waals surface area (Å²) < 4.78 is 0. The van der Waals surface area contributed by atoms with Gasteiger partial charge in [-0.05, 0) is 60.9 Å². The van der Waals surface area contributed by atoms with Gasteiger partial charge in [0.25, 0.3) is 11.8 Å². The maximum atomic E-state index is 12.9. The molecule has 1 fully saturated rings. The first-order chi connectivity index (χ1) is 13.8. The van der Waals surface area contributed by atoms with Gasteiger partial charge in [0.15, 0.2) is 0 Å². The quantitative estimate of drug-likeness (QED) is 0.641. The standard InChI is InChI=1S/C23H23N3O3/c1-15-12-16(2)14-19(13-15)26-22(28)20(21(27)24-23(26)29)7-5-6-17-8-10-18(11-9-17)25(3)4/h5-14H,1-4H3,(H,24,27,29)/b6-5+,20-7+. The molecule has 0 spiro atoms. The molecule has 1 aliphatic heterocycles. The first kappa shape index (κ1) is 20.1. The number of urea groups is 1. The number of barbiturate groups is 1. The van der Waals surface area contributed by atoms with Crippen molar-refractivity contribution in [3.05, 3.63) is 76.9 Å². The fraction of sp³-hybridized carbons (Fsp3) is 0.174. The molecule has 0 aromatic heterocycles. The third-order valence-corrected chi connectivity index (χ3v) is 4.53. The number of carbonyl (C=O) groups excluding carboxylic acids is 3. The number of aryl methyl sites for hydroxylation is 2. The van der Waals surface area contributed by atoms with Crippen LogP contribution >= 0.6 is 0 Å². The van der Waals surface area contributed by atoms with Crippen LogP contribution in [0.2, 0.25) is 0 Å². The molecule has 0 atom stereocenters. The van der Waals surface area contributed by atoms with E-state index in [4.69, 9.17) is 0 Å². The number of benzene rings is 2. The molecule has 2 aromatic carbocycles. The van der Waals surface area contributed by atoms with Crippen LogP contribution in [0.25, 0.3) is 6.08 Å². The molecule has 29 heavy (non-hydrogen) atoms. The number of nitrogens with zero attached hydrogens (tertiary/aromatic N) is 2. The molecule has 1 saturated heterocycles. The van der Waals surface area contributed by atoms with Crippen LogP contribution in [0, 0.1) is 13.8 Å². The Balaban J connectivity index is 1.86. The second-order valence-electron chi connectivity index (χ2n) is 7.17. The van der Waals surface area contributed by atoms with Crippen LogP contribution in [0.4, 0.5) is 16.2 Å². The van der Waals surface area contributed by atoms with E-state index < -0.39 is 17.8 Å². The minimum absolute atomic E-state index is 0.0927. The molecular formula is C23H23N3O3. The summed E-state index contributed by atoms with van der Waals surface area (Å²) in [6.45, 7) is 3.77. The van der Waals surface area contributed by atoms with Crippen molar-refractivity contribution in [1.29, 1.82) is 0 Å². The summed E-state index contributed by atoms with van der Waals surface area (Å²) in [5.41, 5.74) is 4.19. The second-order valence-corrected chi connectivity index (χ2v) is 7.17. The molecule has 6 nitrogen and oxygen atoms in total. The predicted molar refractivity (Wildman–Crippen MR) is 115 cm³/mol. The van der Waals surface area contributed by atoms with Crippen LogP contribution in [-0.4, -0.2) is 31.9 Å². The molecule has 3 rings (SSSR count). The lowest BCUT2D eigenvalue weighted by molar-refractivity contribution is -0.122. The van der Waals surface area contributed by atoms with Gasteiger partial charge in [-0.25, -0.2) is 9.69 Å². The average molecular weight is 389 g/mol. The Hall–Kier alpha value is -3.67. The van der Waals surface area contributed by atoms with Crippen molar-refractivity contribution in [3.63, 3.8) is 0 Å². The Morgan fingerprint density at radius 3 is 2.14 bits per heavy atom. The van der Waals surface area contributed by atoms with E-state index in [2.05, 4.69) is 5.32 Å². The van der Waals surface area contributed by atoms with Gasteiger partial charge >= 0.3 is 6.03 Å². The van der Waals surface area contributed by atoms with Gasteiger partial charge in [-0.2, -0.15) is 0 Å². The van der Waals surface area contributed by atoms with E-state index in [9.17, 15) is 14.4 Å². The molecule has 1 N–H and O–H groups in total. The smallest absolute Gasteiger partial charge is 0.335 e. The van der Waals surface area contributed by atoms with Gasteiger partial charge in [-0.15, -0.1) is 0 Å². The highest BCUT2D eigenvalue weighted by molar-refractivity contribution is 6.37. The summed E-state index contributed by atoms with van der Waals surface area (Å²) >= 11 is 0. The number of imide groups is 2. The van der Waals surface area contributed by atoms with Gasteiger partial charge in [-0.1, -0.05) is 30.4 Å². The Labute approximate surface area is 170 Å². The predicted octanol–water partition coefficient (Wildman–Crippen LogP) is 3.59. The van der Waals surface area contributed by atoms with Crippen LogP contribution in [0.15, 0.2) is 60.2 Å². The highest BCUT2D eigenvalue weighted by Gasteiger charge is 2.36. The lowest BCUT2D eigenvalue weighted by Crippen LogP contribution is -2.54. The zero-order valence-corrected chi connectivity index (χ0v) is 16.9. The highest BCUT2D eigenvalue weighted by Crippen LogP contribution is 2.23. The zero-order chi connectivity index (χ0) is 21.1. The van der Waals surface area contributed by atoms with Gasteiger partial charge in [0, 0.05) is 19.8 Å². The van der Waals surface area contributed by atoms with E-state index in [-0.39, 0.29) is 5.57 Å². The summed E-state index contributed by atoms with van der Waals surface area (Å²) in [5, 5.41) is 2.24. The third kappa shape index (κ3) is 4.43. The van der Waals surface area contributed by atoms with E-state index in [0.29, 0.717) is 5.69 Å². The number of anilines is 2. The molecule has 0 aliphatic carbocycles. The van der Waals surface area contributed by atoms with E-state index in [0.717, 1.165) is 27.3 Å². The normalized spacial score (nSPS) is 15.9. The number of allylic oxidation sites excluding steroid dienone is 2. The van der Waals surface area contributed by atoms with E-state index >= 15 is 0 Å². The van der Waals surface area contributed by atoms with Crippen LogP contribution in [0.3, 0.4) is 0 Å². The van der Waals surface area contributed by atoms with Crippen molar-refractivity contribution < 1.29 is 14.4 Å². The number of amides is 4. The third-order valence-electron chi connectivity index (χ3n) is 4.53. The van der Waals surface area contributed by atoms with Gasteiger partial charge < -0.3 is 4.90 Å². The Bertz CT molecular complexity index is 1010. The summed E-state index contributed by atoms with van der Waals surface area (Å²) in [4.78, 5) is 40.4. The van der Waals surface area contributed by atoms with Gasteiger partial charge in [0.1, 0.15) is 5.57 Å². The van der Waals surface area contributed by atoms with Crippen molar-refractivity contribution in [1.82, 2.24) is 5.32 Å². The summed E-state index contributed by atoms with van der Waals surface area (Å²) in [5.74, 6) is -1.34. The van der Waals surface area contributed by atoms with Gasteiger partial charge in [-0.3, -0.25) is 14.9 Å². The van der Waals surface area contributed by atoms with Crippen molar-refractivity contribution in [3.8, 4) is 0 Å². The second kappa shape index (κ2) is 8.14. The number of hydrogen-bond donors (Lipinski definition) is 1. The van der Waals surface area contributed by atoms with Crippen molar-refractivity contribution in [2.75, 3.05) is 23.9 Å². The lowest BCUT2D eigenvalue weighted by atomic mass is 10.1. The topological polar surface area (TPSA) is 69.7 Å². The monoisotopic (exact) mass is 389 g/mol. The van der Waals surface area contributed by atoms with E-state index in [1.807, 2.05) is 63.2 Å². The minimum atomic E-state index is -0.745. The Morgan fingerprint density at radius 2 is 1.55 bits per heavy atom. The van der Waals surface area contributed by atoms with Gasteiger partial charge in [0.05, 0.1) is 5.69 Å². The van der Waals surface area contributed by atoms with E-state index in [1.165, 1.54) is 6.08 Å². The number of rotatable bonds is 4. The average Bonchev–Trinajstić information content (AvgIpc) is 2.63. The molecule has 0 radical (unpaired) electrons. The van der Waals surface area contributed by atoms with Crippen molar-refractivity contribution in [2.24, 2.45) is 0 Å². The summed E-state index contributed by atoms with van der Waals surface area (Å²) in [6.07, 6.45) is 4.86. The fourth-order valence-electron chi connectivity index (χ4n) is 3.13. The number of nitrogens with one attached hydrogen (secondary N) is 1. The van der Waals surface area contributed by atoms with Crippen LogP contribution in [-0.2, 0) is 9.59 Å². The maximum Gasteiger partial charge on any atom is 0.335 e. The van der Waals surface area contributed by atoms with Crippen LogP contribution < -0.4 is 15.1 Å². The van der Waals surface area contributed by atoms with Crippen molar-refractivity contribution in [2.45, 2.75) is 13.8 Å². The Kier molecular flexibility index (Phi) is 5.64. The highest BCUT2D eigenvalue weighted by atomic mass is 16.2. The first-order valence-corrected chi connectivity index (χ1v) is 9.20. The van der Waals surface area contributed by atoms with Crippen LogP contribution in [0.5, 0.6) is 0 Å². The largest absolute Gasteiger partial charge is 0.378 e. The first-order valence-electron chi connectivity index (χ1n) is 9.20.